The minimum Gasteiger partial charge on any atom is -0.544 e. The van der Waals surface area contributed by atoms with Crippen LogP contribution in [-0.2, 0) is 11.2 Å². The summed E-state index contributed by atoms with van der Waals surface area (Å²) < 4.78 is 15.9. The first-order chi connectivity index (χ1) is 12.1. The summed E-state index contributed by atoms with van der Waals surface area (Å²) in [6.07, 6.45) is 7.15. The molecule has 0 bridgehead atoms. The minimum atomic E-state index is -1.35. The molecular weight excluding hydrogens is 344 g/mol. The van der Waals surface area contributed by atoms with Gasteiger partial charge in [-0.25, -0.2) is 0 Å². The lowest BCUT2D eigenvalue weighted by atomic mass is 10.2. The number of methoxy groups -OCH3 is 1. The third kappa shape index (κ3) is 5.02. The van der Waals surface area contributed by atoms with E-state index >= 15 is 0 Å². The Labute approximate surface area is 149 Å². The zero-order chi connectivity index (χ0) is 18.2. The molecule has 0 aliphatic rings. The average molecular weight is 359 g/mol. The van der Waals surface area contributed by atoms with Crippen LogP contribution in [0.4, 0.5) is 0 Å². The summed E-state index contributed by atoms with van der Waals surface area (Å²) in [5.74, 6) is 2.33. The van der Waals surface area contributed by atoms with Crippen LogP contribution in [0.25, 0.3) is 6.08 Å². The second kappa shape index (κ2) is 8.80. The van der Waals surface area contributed by atoms with Crippen molar-refractivity contribution in [3.63, 3.8) is 0 Å². The highest BCUT2D eigenvalue weighted by molar-refractivity contribution is 8.03. The molecule has 2 rings (SSSR count). The smallest absolute Gasteiger partial charge is 0.281 e. The van der Waals surface area contributed by atoms with E-state index in [-0.39, 0.29) is 16.7 Å². The van der Waals surface area contributed by atoms with Crippen LogP contribution in [-0.4, -0.2) is 29.9 Å². The van der Waals surface area contributed by atoms with E-state index in [1.54, 1.807) is 18.2 Å². The van der Waals surface area contributed by atoms with Gasteiger partial charge in [-0.2, -0.15) is 0 Å². The number of rotatable bonds is 8. The largest absolute Gasteiger partial charge is 0.544 e. The molecule has 1 aromatic heterocycles. The Bertz CT molecular complexity index is 823. The molecular formula is C17H15N2O5S-. The number of terminal acetylenes is 1. The van der Waals surface area contributed by atoms with Gasteiger partial charge in [-0.15, -0.1) is 16.6 Å². The van der Waals surface area contributed by atoms with E-state index in [0.29, 0.717) is 29.4 Å². The highest BCUT2D eigenvalue weighted by atomic mass is 32.2. The van der Waals surface area contributed by atoms with Crippen LogP contribution < -0.4 is 14.6 Å². The van der Waals surface area contributed by atoms with Crippen LogP contribution >= 0.6 is 11.8 Å². The highest BCUT2D eigenvalue weighted by Crippen LogP contribution is 2.31. The normalized spacial score (nSPS) is 11.0. The predicted molar refractivity (Wildman–Crippen MR) is 89.8 cm³/mol. The third-order valence-corrected chi connectivity index (χ3v) is 3.79. The molecule has 7 nitrogen and oxygen atoms in total. The average Bonchev–Trinajstić information content (AvgIpc) is 3.07. The van der Waals surface area contributed by atoms with E-state index in [1.165, 1.54) is 13.2 Å². The molecule has 25 heavy (non-hydrogen) atoms. The number of aryl methyl sites for hydroxylation is 1. The van der Waals surface area contributed by atoms with Crippen molar-refractivity contribution in [2.24, 2.45) is 0 Å². The van der Waals surface area contributed by atoms with Crippen molar-refractivity contribution in [3.05, 3.63) is 34.6 Å². The summed E-state index contributed by atoms with van der Waals surface area (Å²) in [5, 5.41) is 19.1. The summed E-state index contributed by atoms with van der Waals surface area (Å²) in [6, 6.07) is 4.94. The quantitative estimate of drug-likeness (QED) is 0.398. The lowest BCUT2D eigenvalue weighted by Gasteiger charge is -2.10. The van der Waals surface area contributed by atoms with Gasteiger partial charge in [0.25, 0.3) is 5.22 Å². The fraction of sp³-hybridized carbons (Fsp3) is 0.235. The zero-order valence-electron chi connectivity index (χ0n) is 13.6. The Morgan fingerprint density at radius 3 is 2.84 bits per heavy atom. The number of ether oxygens (including phenoxy) is 2. The van der Waals surface area contributed by atoms with Crippen LogP contribution in [0.1, 0.15) is 18.4 Å². The maximum absolute atomic E-state index is 11.4. The van der Waals surface area contributed by atoms with Gasteiger partial charge in [0, 0.05) is 11.3 Å². The number of carbonyl (C=O) groups excluding carboxylic acids is 1. The first kappa shape index (κ1) is 18.4. The second-order valence-electron chi connectivity index (χ2n) is 4.62. The molecule has 1 heterocycles. The number of nitrogens with zero attached hydrogens (tertiary/aromatic N) is 2. The van der Waals surface area contributed by atoms with Gasteiger partial charge in [0.1, 0.15) is 6.61 Å². The number of carboxylic acids is 1. The summed E-state index contributed by atoms with van der Waals surface area (Å²) in [7, 11) is 1.48. The Morgan fingerprint density at radius 2 is 2.24 bits per heavy atom. The number of aromatic nitrogens is 2. The summed E-state index contributed by atoms with van der Waals surface area (Å²) >= 11 is 0.820. The number of thioether (sulfide) groups is 1. The number of carbonyl (C=O) groups is 1. The van der Waals surface area contributed by atoms with Crippen molar-refractivity contribution < 1.29 is 23.8 Å². The Morgan fingerprint density at radius 1 is 1.44 bits per heavy atom. The van der Waals surface area contributed by atoms with Gasteiger partial charge in [0.05, 0.1) is 13.1 Å². The molecule has 8 heteroatoms. The molecule has 0 saturated carbocycles. The SMILES string of the molecule is C#CCOc1ccc(/C=C(\Sc2nnc(CC)o2)C(=O)[O-])cc1OC. The van der Waals surface area contributed by atoms with E-state index in [0.717, 1.165) is 11.8 Å². The summed E-state index contributed by atoms with van der Waals surface area (Å²) in [6.45, 7) is 1.95. The number of aliphatic carboxylic acids is 1. The summed E-state index contributed by atoms with van der Waals surface area (Å²) in [5.41, 5.74) is 0.576. The Hall–Kier alpha value is -2.92. The number of carboxylic acid groups (broad SMARTS) is 1. The lowest BCUT2D eigenvalue weighted by Crippen LogP contribution is -2.23. The van der Waals surface area contributed by atoms with Gasteiger partial charge in [-0.1, -0.05) is 18.9 Å². The van der Waals surface area contributed by atoms with Crippen LogP contribution in [0.5, 0.6) is 11.5 Å². The molecule has 0 saturated heterocycles. The van der Waals surface area contributed by atoms with E-state index in [9.17, 15) is 9.90 Å². The van der Waals surface area contributed by atoms with E-state index in [2.05, 4.69) is 16.1 Å². The van der Waals surface area contributed by atoms with Crippen molar-refractivity contribution in [1.29, 1.82) is 0 Å². The van der Waals surface area contributed by atoms with Crippen LogP contribution in [0.2, 0.25) is 0 Å². The van der Waals surface area contributed by atoms with Crippen molar-refractivity contribution in [3.8, 4) is 23.8 Å². The predicted octanol–water partition coefficient (Wildman–Crippen LogP) is 1.54. The standard InChI is InChI=1S/C17H16N2O5S/c1-4-8-23-12-7-6-11(9-13(12)22-3)10-14(16(20)21)25-17-19-18-15(5-2)24-17/h1,6-7,9-10H,5,8H2,2-3H3,(H,20,21)/p-1/b14-10-. The van der Waals surface area contributed by atoms with Crippen LogP contribution in [0.3, 0.4) is 0 Å². The van der Waals surface area contributed by atoms with Gasteiger partial charge in [-0.3, -0.25) is 0 Å². The lowest BCUT2D eigenvalue weighted by molar-refractivity contribution is -0.298. The van der Waals surface area contributed by atoms with Gasteiger partial charge in [-0.05, 0) is 35.5 Å². The fourth-order valence-corrected chi connectivity index (χ4v) is 2.50. The molecule has 0 unspecified atom stereocenters. The number of hydrogen-bond donors (Lipinski definition) is 0. The molecule has 0 radical (unpaired) electrons. The monoisotopic (exact) mass is 359 g/mol. The van der Waals surface area contributed by atoms with E-state index < -0.39 is 5.97 Å². The van der Waals surface area contributed by atoms with Crippen molar-refractivity contribution in [1.82, 2.24) is 10.2 Å². The van der Waals surface area contributed by atoms with Crippen molar-refractivity contribution in [2.75, 3.05) is 13.7 Å². The van der Waals surface area contributed by atoms with Crippen LogP contribution in [0, 0.1) is 12.3 Å². The fourth-order valence-electron chi connectivity index (χ4n) is 1.81. The van der Waals surface area contributed by atoms with E-state index in [1.807, 2.05) is 6.92 Å². The zero-order valence-corrected chi connectivity index (χ0v) is 14.5. The Balaban J connectivity index is 2.27. The first-order valence-electron chi connectivity index (χ1n) is 7.25. The molecule has 0 fully saturated rings. The Kier molecular flexibility index (Phi) is 6.48. The van der Waals surface area contributed by atoms with Crippen LogP contribution in [0.15, 0.2) is 32.7 Å². The highest BCUT2D eigenvalue weighted by Gasteiger charge is 2.11. The molecule has 0 amide bonds. The van der Waals surface area contributed by atoms with Gasteiger partial charge >= 0.3 is 0 Å². The van der Waals surface area contributed by atoms with Gasteiger partial charge in [0.15, 0.2) is 11.5 Å². The maximum Gasteiger partial charge on any atom is 0.281 e. The van der Waals surface area contributed by atoms with Crippen molar-refractivity contribution >= 4 is 23.8 Å². The molecule has 1 aromatic carbocycles. The third-order valence-electron chi connectivity index (χ3n) is 2.95. The first-order valence-corrected chi connectivity index (χ1v) is 8.06. The molecule has 2 aromatic rings. The number of hydrogen-bond acceptors (Lipinski definition) is 8. The molecule has 0 N–H and O–H groups in total. The molecule has 130 valence electrons. The summed E-state index contributed by atoms with van der Waals surface area (Å²) in [4.78, 5) is 11.3. The molecule has 0 aliphatic heterocycles. The van der Waals surface area contributed by atoms with Gasteiger partial charge < -0.3 is 23.8 Å². The van der Waals surface area contributed by atoms with Crippen molar-refractivity contribution in [2.45, 2.75) is 18.6 Å². The van der Waals surface area contributed by atoms with Gasteiger partial charge in [0.2, 0.25) is 5.89 Å². The molecule has 0 aliphatic carbocycles. The molecule has 0 spiro atoms. The van der Waals surface area contributed by atoms with E-state index in [4.69, 9.17) is 20.3 Å². The number of benzene rings is 1. The topological polar surface area (TPSA) is 97.5 Å². The minimum absolute atomic E-state index is 0.0781. The second-order valence-corrected chi connectivity index (χ2v) is 5.61. The molecule has 0 atom stereocenters. The maximum atomic E-state index is 11.4.